The Kier molecular flexibility index (Phi) is 4.77. The third-order valence-electron chi connectivity index (χ3n) is 5.27. The van der Waals surface area contributed by atoms with Crippen LogP contribution in [0.1, 0.15) is 15.9 Å². The first kappa shape index (κ1) is 20.6. The Morgan fingerprint density at radius 2 is 1.79 bits per heavy atom. The Labute approximate surface area is 185 Å². The van der Waals surface area contributed by atoms with Gasteiger partial charge in [-0.05, 0) is 42.0 Å². The van der Waals surface area contributed by atoms with Crippen molar-refractivity contribution >= 4 is 22.5 Å². The van der Waals surface area contributed by atoms with Gasteiger partial charge in [-0.25, -0.2) is 4.68 Å². The third-order valence-corrected chi connectivity index (χ3v) is 5.27. The quantitative estimate of drug-likeness (QED) is 0.403. The number of anilines is 1. The standard InChI is InChI=1S/C23H17F3N6O/c1-31-12-16(10-28-31)22(33)30-21-11-27-20-7-2-14(8-19(20)21)15-9-29-32(13-15)18-5-3-17(4-6-18)23(24,25)26/h2-13,27H,1H3,(H,30,33). The summed E-state index contributed by atoms with van der Waals surface area (Å²) in [6, 6.07) is 10.5. The fourth-order valence-corrected chi connectivity index (χ4v) is 3.55. The molecule has 5 rings (SSSR count). The molecule has 2 aromatic carbocycles. The lowest BCUT2D eigenvalue weighted by molar-refractivity contribution is -0.137. The van der Waals surface area contributed by atoms with Crippen molar-refractivity contribution in [1.29, 1.82) is 0 Å². The van der Waals surface area contributed by atoms with Crippen LogP contribution in [0.2, 0.25) is 0 Å². The second-order valence-electron chi connectivity index (χ2n) is 7.54. The number of nitrogens with one attached hydrogen (secondary N) is 2. The molecule has 7 nitrogen and oxygen atoms in total. The summed E-state index contributed by atoms with van der Waals surface area (Å²) in [6.45, 7) is 0. The number of hydrogen-bond acceptors (Lipinski definition) is 3. The van der Waals surface area contributed by atoms with Gasteiger partial charge in [0.15, 0.2) is 0 Å². The van der Waals surface area contributed by atoms with Crippen LogP contribution in [-0.4, -0.2) is 30.5 Å². The van der Waals surface area contributed by atoms with Gasteiger partial charge in [0.05, 0.1) is 34.9 Å². The molecule has 3 heterocycles. The van der Waals surface area contributed by atoms with E-state index in [0.29, 0.717) is 16.9 Å². The first-order chi connectivity index (χ1) is 15.8. The predicted octanol–water partition coefficient (Wildman–Crippen LogP) is 5.03. The highest BCUT2D eigenvalue weighted by atomic mass is 19.4. The molecule has 10 heteroatoms. The number of rotatable bonds is 4. The number of nitrogens with zero attached hydrogens (tertiary/aromatic N) is 4. The van der Waals surface area contributed by atoms with Crippen LogP contribution < -0.4 is 5.32 Å². The summed E-state index contributed by atoms with van der Waals surface area (Å²) >= 11 is 0. The molecular weight excluding hydrogens is 433 g/mol. The number of aromatic nitrogens is 5. The smallest absolute Gasteiger partial charge is 0.359 e. The number of fused-ring (bicyclic) bond motifs is 1. The molecule has 0 saturated heterocycles. The van der Waals surface area contributed by atoms with Gasteiger partial charge in [0.2, 0.25) is 0 Å². The summed E-state index contributed by atoms with van der Waals surface area (Å²) < 4.78 is 41.5. The van der Waals surface area contributed by atoms with Gasteiger partial charge in [0, 0.05) is 42.1 Å². The number of aromatic amines is 1. The number of benzene rings is 2. The molecule has 0 aliphatic carbocycles. The van der Waals surface area contributed by atoms with Gasteiger partial charge in [-0.3, -0.25) is 9.48 Å². The lowest BCUT2D eigenvalue weighted by Crippen LogP contribution is -2.10. The zero-order valence-corrected chi connectivity index (χ0v) is 17.3. The first-order valence-corrected chi connectivity index (χ1v) is 9.92. The van der Waals surface area contributed by atoms with Crippen LogP contribution >= 0.6 is 0 Å². The van der Waals surface area contributed by atoms with E-state index in [9.17, 15) is 18.0 Å². The maximum Gasteiger partial charge on any atom is 0.416 e. The van der Waals surface area contributed by atoms with Gasteiger partial charge in [0.1, 0.15) is 0 Å². The van der Waals surface area contributed by atoms with E-state index in [1.165, 1.54) is 23.0 Å². The van der Waals surface area contributed by atoms with Gasteiger partial charge >= 0.3 is 6.18 Å². The molecule has 0 fully saturated rings. The Hall–Kier alpha value is -4.34. The van der Waals surface area contributed by atoms with Crippen LogP contribution in [0.5, 0.6) is 0 Å². The van der Waals surface area contributed by atoms with Crippen LogP contribution in [0.4, 0.5) is 18.9 Å². The van der Waals surface area contributed by atoms with E-state index in [1.807, 2.05) is 18.2 Å². The van der Waals surface area contributed by atoms with Crippen molar-refractivity contribution in [3.63, 3.8) is 0 Å². The second kappa shape index (κ2) is 7.66. The molecule has 3 aromatic heterocycles. The molecule has 0 bridgehead atoms. The Bertz CT molecular complexity index is 1460. The third kappa shape index (κ3) is 3.98. The summed E-state index contributed by atoms with van der Waals surface area (Å²) in [7, 11) is 1.74. The predicted molar refractivity (Wildman–Crippen MR) is 117 cm³/mol. The number of halogens is 3. The minimum atomic E-state index is -4.38. The van der Waals surface area contributed by atoms with E-state index >= 15 is 0 Å². The SMILES string of the molecule is Cn1cc(C(=O)Nc2c[nH]c3ccc(-c4cnn(-c5ccc(C(F)(F)F)cc5)c4)cc23)cn1. The maximum absolute atomic E-state index is 12.8. The maximum atomic E-state index is 12.8. The van der Waals surface area contributed by atoms with E-state index in [4.69, 9.17) is 0 Å². The van der Waals surface area contributed by atoms with Gasteiger partial charge in [-0.1, -0.05) is 6.07 Å². The van der Waals surface area contributed by atoms with E-state index in [0.717, 1.165) is 34.2 Å². The molecule has 0 atom stereocenters. The van der Waals surface area contributed by atoms with Gasteiger partial charge in [-0.2, -0.15) is 23.4 Å². The number of carbonyl (C=O) groups is 1. The highest BCUT2D eigenvalue weighted by molar-refractivity contribution is 6.09. The van der Waals surface area contributed by atoms with Crippen molar-refractivity contribution in [2.24, 2.45) is 7.05 Å². The van der Waals surface area contributed by atoms with Crippen LogP contribution in [-0.2, 0) is 13.2 Å². The number of amides is 1. The Morgan fingerprint density at radius 1 is 1.00 bits per heavy atom. The zero-order valence-electron chi connectivity index (χ0n) is 17.3. The van der Waals surface area contributed by atoms with Crippen LogP contribution in [0.25, 0.3) is 27.7 Å². The molecule has 0 saturated carbocycles. The molecule has 0 radical (unpaired) electrons. The highest BCUT2D eigenvalue weighted by Crippen LogP contribution is 2.31. The van der Waals surface area contributed by atoms with Crippen molar-refractivity contribution in [2.45, 2.75) is 6.18 Å². The van der Waals surface area contributed by atoms with Gasteiger partial charge in [-0.15, -0.1) is 0 Å². The number of aryl methyl sites for hydroxylation is 1. The number of alkyl halides is 3. The first-order valence-electron chi connectivity index (χ1n) is 9.92. The molecule has 5 aromatic rings. The topological polar surface area (TPSA) is 80.5 Å². The molecule has 33 heavy (non-hydrogen) atoms. The normalized spacial score (nSPS) is 11.8. The van der Waals surface area contributed by atoms with Crippen molar-refractivity contribution in [2.75, 3.05) is 5.32 Å². The largest absolute Gasteiger partial charge is 0.416 e. The summed E-state index contributed by atoms with van der Waals surface area (Å²) in [6.07, 6.45) is 3.83. The lowest BCUT2D eigenvalue weighted by Gasteiger charge is -2.07. The van der Waals surface area contributed by atoms with Crippen LogP contribution in [0.15, 0.2) is 73.4 Å². The second-order valence-corrected chi connectivity index (χ2v) is 7.54. The average molecular weight is 450 g/mol. The van der Waals surface area contributed by atoms with Crippen molar-refractivity contribution in [3.05, 3.63) is 84.6 Å². The van der Waals surface area contributed by atoms with Crippen LogP contribution in [0, 0.1) is 0 Å². The van der Waals surface area contributed by atoms with Crippen molar-refractivity contribution in [1.82, 2.24) is 24.5 Å². The molecule has 166 valence electrons. The summed E-state index contributed by atoms with van der Waals surface area (Å²) in [5.74, 6) is -0.274. The minimum absolute atomic E-state index is 0.274. The molecule has 0 unspecified atom stereocenters. The van der Waals surface area contributed by atoms with Crippen molar-refractivity contribution in [3.8, 4) is 16.8 Å². The molecule has 0 aliphatic heterocycles. The lowest BCUT2D eigenvalue weighted by atomic mass is 10.1. The van der Waals surface area contributed by atoms with E-state index in [2.05, 4.69) is 20.5 Å². The monoisotopic (exact) mass is 450 g/mol. The van der Waals surface area contributed by atoms with Crippen LogP contribution in [0.3, 0.4) is 0 Å². The van der Waals surface area contributed by atoms with E-state index in [1.54, 1.807) is 36.5 Å². The Balaban J connectivity index is 1.42. The number of carbonyl (C=O) groups excluding carboxylic acids is 1. The van der Waals surface area contributed by atoms with E-state index < -0.39 is 11.7 Å². The van der Waals surface area contributed by atoms with E-state index in [-0.39, 0.29) is 5.91 Å². The average Bonchev–Trinajstić information content (AvgIpc) is 3.53. The van der Waals surface area contributed by atoms with Gasteiger partial charge < -0.3 is 10.3 Å². The summed E-state index contributed by atoms with van der Waals surface area (Å²) in [5.41, 5.74) is 3.34. The Morgan fingerprint density at radius 3 is 2.48 bits per heavy atom. The fourth-order valence-electron chi connectivity index (χ4n) is 3.55. The molecule has 1 amide bonds. The molecule has 2 N–H and O–H groups in total. The fraction of sp³-hybridized carbons (Fsp3) is 0.0870. The molecule has 0 spiro atoms. The summed E-state index contributed by atoms with van der Waals surface area (Å²) in [5, 5.41) is 12.0. The molecule has 0 aliphatic rings. The summed E-state index contributed by atoms with van der Waals surface area (Å²) in [4.78, 5) is 15.6. The highest BCUT2D eigenvalue weighted by Gasteiger charge is 2.30. The molecular formula is C23H17F3N6O. The number of hydrogen-bond donors (Lipinski definition) is 2. The minimum Gasteiger partial charge on any atom is -0.359 e. The zero-order chi connectivity index (χ0) is 23.2. The number of H-pyrrole nitrogens is 1. The van der Waals surface area contributed by atoms with Crippen molar-refractivity contribution < 1.29 is 18.0 Å². The van der Waals surface area contributed by atoms with Gasteiger partial charge in [0.25, 0.3) is 5.91 Å².